The first-order chi connectivity index (χ1) is 16.9. The van der Waals surface area contributed by atoms with Crippen molar-refractivity contribution in [1.29, 1.82) is 0 Å². The smallest absolute Gasteiger partial charge is 1.00 e. The third-order valence-electron chi connectivity index (χ3n) is 6.58. The SMILES string of the molecule is C1=CC(c2ccc3ccccc3[c]2[Ti+2][O]C(c2ccccc2)c2ccccc2)c2ccccc21.[Cl-].[Cl-]. The summed E-state index contributed by atoms with van der Waals surface area (Å²) in [6.45, 7) is 0. The van der Waals surface area contributed by atoms with Crippen molar-refractivity contribution in [1.82, 2.24) is 0 Å². The van der Waals surface area contributed by atoms with Gasteiger partial charge in [-0.05, 0) is 0 Å². The van der Waals surface area contributed by atoms with E-state index in [1.54, 1.807) is 0 Å². The average molecular weight is 543 g/mol. The molecule has 5 aromatic carbocycles. The van der Waals surface area contributed by atoms with Gasteiger partial charge in [-0.3, -0.25) is 0 Å². The van der Waals surface area contributed by atoms with Gasteiger partial charge < -0.3 is 24.8 Å². The normalized spacial score (nSPS) is 13.5. The van der Waals surface area contributed by atoms with Gasteiger partial charge in [0.2, 0.25) is 0 Å². The number of rotatable bonds is 6. The third kappa shape index (κ3) is 5.23. The minimum Gasteiger partial charge on any atom is -1.00 e. The molecule has 0 aliphatic heterocycles. The number of hydrogen-bond acceptors (Lipinski definition) is 1. The molecule has 0 spiro atoms. The maximum absolute atomic E-state index is 6.90. The molecule has 0 amide bonds. The van der Waals surface area contributed by atoms with Crippen molar-refractivity contribution in [3.05, 3.63) is 155 Å². The Morgan fingerprint density at radius 2 is 1.19 bits per heavy atom. The van der Waals surface area contributed by atoms with E-state index in [0.29, 0.717) is 0 Å². The van der Waals surface area contributed by atoms with Gasteiger partial charge in [0.15, 0.2) is 0 Å². The van der Waals surface area contributed by atoms with E-state index in [0.717, 1.165) is 0 Å². The minimum atomic E-state index is -0.905. The zero-order valence-electron chi connectivity index (χ0n) is 19.5. The summed E-state index contributed by atoms with van der Waals surface area (Å²) in [5, 5.41) is 2.59. The van der Waals surface area contributed by atoms with Crippen LogP contribution in [0.2, 0.25) is 0 Å². The summed E-state index contributed by atoms with van der Waals surface area (Å²) in [6, 6.07) is 43.2. The molecule has 0 N–H and O–H groups in total. The van der Waals surface area contributed by atoms with Crippen LogP contribution in [0.25, 0.3) is 16.8 Å². The Morgan fingerprint density at radius 1 is 0.583 bits per heavy atom. The van der Waals surface area contributed by atoms with Gasteiger partial charge in [-0.1, -0.05) is 0 Å². The molecule has 1 atom stereocenters. The second-order valence-corrected chi connectivity index (χ2v) is 10.1. The fraction of sp³-hybridized carbons (Fsp3) is 0.0625. The molecule has 1 unspecified atom stereocenters. The Kier molecular flexibility index (Phi) is 8.85. The second kappa shape index (κ2) is 12.1. The Bertz CT molecular complexity index is 1430. The van der Waals surface area contributed by atoms with Crippen molar-refractivity contribution in [2.75, 3.05) is 0 Å². The molecule has 1 aliphatic rings. The van der Waals surface area contributed by atoms with Crippen molar-refractivity contribution in [2.24, 2.45) is 0 Å². The van der Waals surface area contributed by atoms with E-state index in [2.05, 4.69) is 133 Å². The van der Waals surface area contributed by atoms with E-state index in [1.807, 2.05) is 0 Å². The van der Waals surface area contributed by atoms with Gasteiger partial charge in [0, 0.05) is 0 Å². The third-order valence-corrected chi connectivity index (χ3v) is 8.32. The van der Waals surface area contributed by atoms with E-state index < -0.39 is 19.5 Å². The van der Waals surface area contributed by atoms with Crippen LogP contribution in [0.1, 0.15) is 39.8 Å². The number of fused-ring (bicyclic) bond motifs is 2. The molecule has 0 bridgehead atoms. The van der Waals surface area contributed by atoms with Crippen molar-refractivity contribution < 1.29 is 47.7 Å². The maximum Gasteiger partial charge on any atom is -1.00 e. The molecule has 6 rings (SSSR count). The molecular weight excluding hydrogens is 519 g/mol. The predicted molar refractivity (Wildman–Crippen MR) is 137 cm³/mol. The molecule has 36 heavy (non-hydrogen) atoms. The Balaban J connectivity index is 0.00000152. The van der Waals surface area contributed by atoms with Gasteiger partial charge in [0.25, 0.3) is 0 Å². The van der Waals surface area contributed by atoms with Gasteiger partial charge in [-0.15, -0.1) is 0 Å². The van der Waals surface area contributed by atoms with Crippen molar-refractivity contribution in [3.8, 4) is 0 Å². The molecule has 1 aliphatic carbocycles. The monoisotopic (exact) mass is 542 g/mol. The summed E-state index contributed by atoms with van der Waals surface area (Å²) in [7, 11) is 0. The van der Waals surface area contributed by atoms with Crippen LogP contribution in [0.15, 0.2) is 127 Å². The first-order valence-corrected chi connectivity index (χ1v) is 13.1. The van der Waals surface area contributed by atoms with Gasteiger partial charge >= 0.3 is 211 Å². The molecule has 0 aromatic heterocycles. The van der Waals surface area contributed by atoms with E-state index in [-0.39, 0.29) is 36.8 Å². The molecule has 0 saturated carbocycles. The number of allylic oxidation sites excluding steroid dienone is 1. The fourth-order valence-electron chi connectivity index (χ4n) is 4.88. The number of benzene rings is 5. The van der Waals surface area contributed by atoms with E-state index >= 15 is 0 Å². The zero-order chi connectivity index (χ0) is 22.7. The van der Waals surface area contributed by atoms with Gasteiger partial charge in [0.05, 0.1) is 0 Å². The summed E-state index contributed by atoms with van der Waals surface area (Å²) in [5.41, 5.74) is 6.47. The van der Waals surface area contributed by atoms with Crippen molar-refractivity contribution >= 4 is 20.7 Å². The summed E-state index contributed by atoms with van der Waals surface area (Å²) in [4.78, 5) is 0. The number of hydrogen-bond donors (Lipinski definition) is 0. The van der Waals surface area contributed by atoms with Crippen LogP contribution >= 0.6 is 0 Å². The van der Waals surface area contributed by atoms with Crippen LogP contribution in [0, 0.1) is 0 Å². The summed E-state index contributed by atoms with van der Waals surface area (Å²) in [5.74, 6) is 0.273. The standard InChI is InChI=1S/C19H13.C13H11O.2ClH.Ti/c1-2-7-16-13-17(10-9-14(16)5-1)19-12-11-15-6-3-4-8-18(15)19;14-13(11-7-3-1-4-8-11)12-9-5-2-6-10-12;;;/h1-12,19H;1-10,13H;2*1H;/q;-1;;;+3/p-2. The molecule has 0 radical (unpaired) electrons. The van der Waals surface area contributed by atoms with E-state index in [1.165, 1.54) is 42.5 Å². The van der Waals surface area contributed by atoms with E-state index in [4.69, 9.17) is 3.32 Å². The van der Waals surface area contributed by atoms with E-state index in [9.17, 15) is 0 Å². The quantitative estimate of drug-likeness (QED) is 0.295. The molecular formula is C32H24Cl2OTi. The summed E-state index contributed by atoms with van der Waals surface area (Å²) < 4.78 is 8.29. The molecule has 0 saturated heterocycles. The minimum absolute atomic E-state index is 0. The average Bonchev–Trinajstić information content (AvgIpc) is 3.34. The zero-order valence-corrected chi connectivity index (χ0v) is 22.6. The molecule has 4 heteroatoms. The van der Waals surface area contributed by atoms with Gasteiger partial charge in [-0.25, -0.2) is 0 Å². The Hall–Kier alpha value is -2.65. The predicted octanol–water partition coefficient (Wildman–Crippen LogP) is 1.44. The summed E-state index contributed by atoms with van der Waals surface area (Å²) >= 11 is -0.905. The van der Waals surface area contributed by atoms with Crippen LogP contribution in [0.4, 0.5) is 0 Å². The number of halogens is 2. The Morgan fingerprint density at radius 3 is 1.92 bits per heavy atom. The molecule has 0 fully saturated rings. The molecule has 0 heterocycles. The summed E-state index contributed by atoms with van der Waals surface area (Å²) in [6.07, 6.45) is 4.54. The second-order valence-electron chi connectivity index (χ2n) is 8.64. The largest absolute Gasteiger partial charge is 1.00 e. The first-order valence-electron chi connectivity index (χ1n) is 11.7. The van der Waals surface area contributed by atoms with Gasteiger partial charge in [0.1, 0.15) is 0 Å². The molecule has 176 valence electrons. The first kappa shape index (κ1) is 26.4. The van der Waals surface area contributed by atoms with Crippen molar-refractivity contribution in [3.63, 3.8) is 0 Å². The van der Waals surface area contributed by atoms with Crippen LogP contribution in [-0.4, -0.2) is 0 Å². The molecule has 5 aromatic rings. The van der Waals surface area contributed by atoms with Gasteiger partial charge in [-0.2, -0.15) is 0 Å². The Labute approximate surface area is 234 Å². The van der Waals surface area contributed by atoms with Crippen LogP contribution in [0.5, 0.6) is 0 Å². The maximum atomic E-state index is 6.90. The molecule has 1 nitrogen and oxygen atoms in total. The van der Waals surface area contributed by atoms with Crippen LogP contribution in [-0.2, 0) is 22.9 Å². The van der Waals surface area contributed by atoms with Crippen LogP contribution in [0.3, 0.4) is 0 Å². The van der Waals surface area contributed by atoms with Crippen molar-refractivity contribution in [2.45, 2.75) is 12.0 Å². The topological polar surface area (TPSA) is 9.23 Å². The van der Waals surface area contributed by atoms with Crippen LogP contribution < -0.4 is 28.7 Å². The fourth-order valence-corrected chi connectivity index (χ4v) is 6.76.